The van der Waals surface area contributed by atoms with Crippen LogP contribution in [0.25, 0.3) is 0 Å². The van der Waals surface area contributed by atoms with E-state index < -0.39 is 41.8 Å². The first-order valence-electron chi connectivity index (χ1n) is 12.9. The topological polar surface area (TPSA) is 109 Å². The summed E-state index contributed by atoms with van der Waals surface area (Å²) in [5.74, 6) is -3.68. The van der Waals surface area contributed by atoms with Crippen LogP contribution in [0.5, 0.6) is 5.88 Å². The number of carboxylic acid groups (broad SMARTS) is 1. The summed E-state index contributed by atoms with van der Waals surface area (Å²) in [6, 6.07) is 15.6. The zero-order valence-electron chi connectivity index (χ0n) is 23.8. The molecule has 1 aromatic heterocycles. The van der Waals surface area contributed by atoms with Gasteiger partial charge in [0, 0.05) is 18.4 Å². The summed E-state index contributed by atoms with van der Waals surface area (Å²) in [5, 5.41) is 10.5. The van der Waals surface area contributed by atoms with Gasteiger partial charge in [0.1, 0.15) is 0 Å². The molecule has 1 amide bonds. The number of nitrogens with zero attached hydrogens (tertiary/aromatic N) is 3. The van der Waals surface area contributed by atoms with E-state index in [1.807, 2.05) is 30.3 Å². The quantitative estimate of drug-likeness (QED) is 0.296. The number of likely N-dealkylation sites (N-methyl/N-ethyl adjacent to an activating group) is 1. The van der Waals surface area contributed by atoms with Crippen LogP contribution in [0.2, 0.25) is 0 Å². The van der Waals surface area contributed by atoms with E-state index in [1.54, 1.807) is 25.8 Å². The molecule has 3 N–H and O–H groups in total. The van der Waals surface area contributed by atoms with Crippen LogP contribution >= 0.6 is 24.8 Å². The normalized spacial score (nSPS) is 15.4. The van der Waals surface area contributed by atoms with Crippen molar-refractivity contribution in [2.45, 2.75) is 51.7 Å². The van der Waals surface area contributed by atoms with Gasteiger partial charge < -0.3 is 20.5 Å². The van der Waals surface area contributed by atoms with Gasteiger partial charge in [0.25, 0.3) is 5.91 Å². The van der Waals surface area contributed by atoms with Crippen molar-refractivity contribution in [2.75, 3.05) is 11.9 Å². The van der Waals surface area contributed by atoms with E-state index in [1.165, 1.54) is 42.3 Å². The van der Waals surface area contributed by atoms with Crippen molar-refractivity contribution in [3.63, 3.8) is 0 Å². The van der Waals surface area contributed by atoms with Crippen LogP contribution in [0.15, 0.2) is 78.1 Å². The number of anilines is 1. The molecule has 1 aliphatic heterocycles. The molecule has 2 atom stereocenters. The number of allylic oxidation sites excluding steroid dienone is 1. The number of pyridine rings is 1. The molecule has 2 heterocycles. The minimum Gasteiger partial charge on any atom is -0.478 e. The first-order valence-corrected chi connectivity index (χ1v) is 12.9. The molecule has 0 saturated carbocycles. The second-order valence-electron chi connectivity index (χ2n) is 10.1. The molecule has 43 heavy (non-hydrogen) atoms. The van der Waals surface area contributed by atoms with Gasteiger partial charge in [-0.25, -0.2) is 9.78 Å². The molecule has 4 rings (SSSR count). The first-order chi connectivity index (χ1) is 19.3. The third kappa shape index (κ3) is 7.23. The van der Waals surface area contributed by atoms with Crippen LogP contribution in [0.4, 0.5) is 18.9 Å². The number of benzene rings is 2. The molecule has 8 nitrogen and oxygen atoms in total. The summed E-state index contributed by atoms with van der Waals surface area (Å²) in [4.78, 5) is 33.3. The van der Waals surface area contributed by atoms with Gasteiger partial charge in [-0.1, -0.05) is 48.5 Å². The van der Waals surface area contributed by atoms with Gasteiger partial charge in [0.15, 0.2) is 6.17 Å². The van der Waals surface area contributed by atoms with Crippen LogP contribution < -0.4 is 15.4 Å². The van der Waals surface area contributed by atoms with Crippen molar-refractivity contribution >= 4 is 42.4 Å². The Morgan fingerprint density at radius 2 is 1.67 bits per heavy atom. The summed E-state index contributed by atoms with van der Waals surface area (Å²) in [7, 11) is 1.66. The Balaban J connectivity index is 0.00000323. The lowest BCUT2D eigenvalue weighted by molar-refractivity contribution is -0.139. The molecule has 1 aliphatic rings. The molecule has 0 aliphatic carbocycles. The van der Waals surface area contributed by atoms with E-state index >= 15 is 0 Å². The van der Waals surface area contributed by atoms with Crippen molar-refractivity contribution in [1.82, 2.24) is 9.88 Å². The third-order valence-corrected chi connectivity index (χ3v) is 6.86. The van der Waals surface area contributed by atoms with E-state index in [-0.39, 0.29) is 65.3 Å². The number of carbonyl (C=O) groups excluding carboxylic acids is 1. The number of aromatic nitrogens is 1. The molecule has 0 radical (unpaired) electrons. The van der Waals surface area contributed by atoms with Gasteiger partial charge in [0.2, 0.25) is 5.88 Å². The number of primary amides is 1. The maximum atomic E-state index is 14.3. The molecule has 0 spiro atoms. The van der Waals surface area contributed by atoms with Crippen molar-refractivity contribution in [2.24, 2.45) is 5.73 Å². The SMILES string of the molecule is CC1=C(C(=O)O)C(c2ccccc2C(F)(F)F)c2c(ccnc2OC(C)C)N1C(C(N)=O)N(C)Cc1ccccc1.Cl.Cl. The van der Waals surface area contributed by atoms with Gasteiger partial charge in [-0.3, -0.25) is 9.69 Å². The Labute approximate surface area is 260 Å². The smallest absolute Gasteiger partial charge is 0.416 e. The summed E-state index contributed by atoms with van der Waals surface area (Å²) in [6.45, 7) is 5.18. The second-order valence-corrected chi connectivity index (χ2v) is 10.1. The number of carbonyl (C=O) groups is 2. The van der Waals surface area contributed by atoms with E-state index in [4.69, 9.17) is 10.5 Å². The van der Waals surface area contributed by atoms with Crippen LogP contribution in [0.1, 0.15) is 48.9 Å². The zero-order chi connectivity index (χ0) is 30.1. The van der Waals surface area contributed by atoms with Gasteiger partial charge in [-0.15, -0.1) is 24.8 Å². The Kier molecular flexibility index (Phi) is 11.6. The highest BCUT2D eigenvalue weighted by Gasteiger charge is 2.46. The number of ether oxygens (including phenoxy) is 1. The van der Waals surface area contributed by atoms with E-state index in [2.05, 4.69) is 4.98 Å². The number of carboxylic acids is 1. The summed E-state index contributed by atoms with van der Waals surface area (Å²) in [6.07, 6.45) is -4.99. The van der Waals surface area contributed by atoms with Gasteiger partial charge in [-0.2, -0.15) is 13.2 Å². The summed E-state index contributed by atoms with van der Waals surface area (Å²) < 4.78 is 48.7. The number of halogens is 5. The molecule has 3 aromatic rings. The molecular weight excluding hydrogens is 608 g/mol. The standard InChI is InChI=1S/C30H31F3N4O4.2ClH/c1-17(2)41-27-25-22(14-15-35-27)37(28(26(34)38)36(4)16-19-10-6-5-7-11-19)18(3)23(29(39)40)24(25)20-12-8-9-13-21(20)30(31,32)33;;/h5-15,17,24,28H,16H2,1-4H3,(H2,34,38)(H,39,40);2*1H. The minimum absolute atomic E-state index is 0. The number of hydrogen-bond acceptors (Lipinski definition) is 6. The average molecular weight is 642 g/mol. The Hall–Kier alpha value is -3.80. The number of alkyl halides is 3. The molecular formula is C30H33Cl2F3N4O4. The predicted octanol–water partition coefficient (Wildman–Crippen LogP) is 5.99. The van der Waals surface area contributed by atoms with Crippen LogP contribution in [0, 0.1) is 0 Å². The fourth-order valence-electron chi connectivity index (χ4n) is 5.32. The Morgan fingerprint density at radius 1 is 1.07 bits per heavy atom. The van der Waals surface area contributed by atoms with Crippen molar-refractivity contribution in [3.8, 4) is 5.88 Å². The maximum Gasteiger partial charge on any atom is 0.416 e. The number of nitrogens with two attached hydrogens (primary N) is 1. The molecule has 0 saturated heterocycles. The maximum absolute atomic E-state index is 14.3. The molecule has 2 unspecified atom stereocenters. The number of amides is 1. The third-order valence-electron chi connectivity index (χ3n) is 6.86. The zero-order valence-corrected chi connectivity index (χ0v) is 25.5. The number of fused-ring (bicyclic) bond motifs is 1. The van der Waals surface area contributed by atoms with Gasteiger partial charge >= 0.3 is 12.1 Å². The van der Waals surface area contributed by atoms with Gasteiger partial charge in [-0.05, 0) is 51.1 Å². The van der Waals surface area contributed by atoms with Crippen LogP contribution in [0.3, 0.4) is 0 Å². The van der Waals surface area contributed by atoms with Crippen molar-refractivity contribution in [3.05, 3.63) is 100 Å². The Morgan fingerprint density at radius 3 is 2.23 bits per heavy atom. The highest BCUT2D eigenvalue weighted by molar-refractivity contribution is 5.96. The fourth-order valence-corrected chi connectivity index (χ4v) is 5.32. The van der Waals surface area contributed by atoms with E-state index in [9.17, 15) is 27.9 Å². The van der Waals surface area contributed by atoms with Crippen LogP contribution in [-0.2, 0) is 22.3 Å². The lowest BCUT2D eigenvalue weighted by atomic mass is 9.78. The lowest BCUT2D eigenvalue weighted by Gasteiger charge is -2.44. The molecule has 0 fully saturated rings. The van der Waals surface area contributed by atoms with E-state index in [0.717, 1.165) is 11.6 Å². The molecule has 232 valence electrons. The molecule has 2 aromatic carbocycles. The summed E-state index contributed by atoms with van der Waals surface area (Å²) in [5.41, 5.74) is 5.62. The molecule has 0 bridgehead atoms. The largest absolute Gasteiger partial charge is 0.478 e. The minimum atomic E-state index is -4.77. The van der Waals surface area contributed by atoms with E-state index in [0.29, 0.717) is 0 Å². The lowest BCUT2D eigenvalue weighted by Crippen LogP contribution is -2.55. The van der Waals surface area contributed by atoms with Crippen molar-refractivity contribution in [1.29, 1.82) is 0 Å². The summed E-state index contributed by atoms with van der Waals surface area (Å²) >= 11 is 0. The number of hydrogen-bond donors (Lipinski definition) is 2. The van der Waals surface area contributed by atoms with Crippen molar-refractivity contribution < 1.29 is 32.6 Å². The Bertz CT molecular complexity index is 1490. The number of rotatable bonds is 9. The average Bonchev–Trinajstić information content (AvgIpc) is 2.89. The first kappa shape index (κ1) is 35.4. The second kappa shape index (κ2) is 14.1. The predicted molar refractivity (Wildman–Crippen MR) is 161 cm³/mol. The fraction of sp³-hybridized carbons (Fsp3) is 0.300. The monoisotopic (exact) mass is 640 g/mol. The highest BCUT2D eigenvalue weighted by Crippen LogP contribution is 2.51. The molecule has 13 heteroatoms. The van der Waals surface area contributed by atoms with Crippen LogP contribution in [-0.4, -0.2) is 46.2 Å². The van der Waals surface area contributed by atoms with Gasteiger partial charge in [0.05, 0.1) is 34.4 Å². The number of aliphatic carboxylic acids is 1. The highest BCUT2D eigenvalue weighted by atomic mass is 35.5.